The molecule has 2 heterocycles. The summed E-state index contributed by atoms with van der Waals surface area (Å²) in [6.45, 7) is 5.12. The van der Waals surface area contributed by atoms with Crippen LogP contribution in [-0.2, 0) is 6.54 Å². The van der Waals surface area contributed by atoms with E-state index in [1.54, 1.807) is 6.20 Å². The van der Waals surface area contributed by atoms with E-state index in [4.69, 9.17) is 10.7 Å². The molecule has 1 saturated carbocycles. The van der Waals surface area contributed by atoms with E-state index < -0.39 is 5.91 Å². The largest absolute Gasteiger partial charge is 0.379 e. The number of hydrogen-bond donors (Lipinski definition) is 2. The van der Waals surface area contributed by atoms with Gasteiger partial charge in [-0.2, -0.15) is 5.10 Å². The Balaban J connectivity index is 1.48. The van der Waals surface area contributed by atoms with Crippen LogP contribution >= 0.6 is 0 Å². The van der Waals surface area contributed by atoms with Crippen molar-refractivity contribution in [3.05, 3.63) is 90.3 Å². The lowest BCUT2D eigenvalue weighted by atomic mass is 9.85. The van der Waals surface area contributed by atoms with Gasteiger partial charge in [0.1, 0.15) is 0 Å². The number of carbonyl (C=O) groups excluding carboxylic acids is 1. The number of anilines is 1. The van der Waals surface area contributed by atoms with Crippen molar-refractivity contribution >= 4 is 22.8 Å². The number of rotatable bonds is 6. The lowest BCUT2D eigenvalue weighted by Gasteiger charge is -2.30. The van der Waals surface area contributed by atoms with Crippen molar-refractivity contribution in [1.29, 1.82) is 0 Å². The van der Waals surface area contributed by atoms with E-state index in [1.807, 2.05) is 47.1 Å². The van der Waals surface area contributed by atoms with Gasteiger partial charge in [-0.1, -0.05) is 74.5 Å². The van der Waals surface area contributed by atoms with Gasteiger partial charge in [-0.15, -0.1) is 0 Å². The molecule has 1 aliphatic rings. The zero-order chi connectivity index (χ0) is 23.7. The Kier molecular flexibility index (Phi) is 5.65. The highest BCUT2D eigenvalue weighted by Gasteiger charge is 2.40. The Labute approximate surface area is 199 Å². The molecule has 0 spiro atoms. The van der Waals surface area contributed by atoms with Gasteiger partial charge in [-0.25, -0.2) is 4.52 Å². The molecule has 2 aromatic heterocycles. The minimum atomic E-state index is -0.492. The van der Waals surface area contributed by atoms with Crippen molar-refractivity contribution in [3.8, 4) is 11.1 Å². The van der Waals surface area contributed by atoms with E-state index in [1.165, 1.54) is 11.3 Å². The average molecular weight is 452 g/mol. The molecule has 6 nitrogen and oxygen atoms in total. The van der Waals surface area contributed by atoms with Crippen molar-refractivity contribution in [2.75, 3.05) is 5.32 Å². The Morgan fingerprint density at radius 3 is 2.53 bits per heavy atom. The highest BCUT2D eigenvalue weighted by atomic mass is 16.1. The molecule has 3 N–H and O–H groups in total. The summed E-state index contributed by atoms with van der Waals surface area (Å²) in [4.78, 5) is 17.3. The van der Waals surface area contributed by atoms with E-state index in [0.717, 1.165) is 35.2 Å². The number of carbonyl (C=O) groups is 1. The van der Waals surface area contributed by atoms with Gasteiger partial charge in [0, 0.05) is 28.9 Å². The normalized spacial score (nSPS) is 18.4. The molecule has 1 fully saturated rings. The molecule has 2 aromatic carbocycles. The fraction of sp³-hybridized carbons (Fsp3) is 0.250. The number of primary amides is 1. The minimum Gasteiger partial charge on any atom is -0.379 e. The summed E-state index contributed by atoms with van der Waals surface area (Å²) in [7, 11) is 0. The third-order valence-corrected chi connectivity index (χ3v) is 6.91. The summed E-state index contributed by atoms with van der Waals surface area (Å²) in [6.07, 6.45) is 5.38. The highest BCUT2D eigenvalue weighted by Crippen LogP contribution is 2.39. The third kappa shape index (κ3) is 4.07. The number of hydrogen-bond acceptors (Lipinski definition) is 4. The van der Waals surface area contributed by atoms with E-state index in [-0.39, 0.29) is 11.5 Å². The first-order valence-electron chi connectivity index (χ1n) is 11.6. The third-order valence-electron chi connectivity index (χ3n) is 6.91. The van der Waals surface area contributed by atoms with Crippen molar-refractivity contribution in [3.63, 3.8) is 0 Å². The molecule has 172 valence electrons. The molecule has 1 amide bonds. The standard InChI is InChI=1S/C28H29N5O/c1-28(2)24(30-16-19-9-5-3-6-10-19)13-14-25(28)32-26-22(27(29)34)17-31-33-18-21(15-23(26)33)20-11-7-4-8-12-20/h3-12,15,17-18,25,32H,13-14,16H2,1-2H3,(H2,29,34). The maximum atomic E-state index is 12.3. The second-order valence-corrected chi connectivity index (χ2v) is 9.43. The van der Waals surface area contributed by atoms with E-state index in [2.05, 4.69) is 54.6 Å². The molecule has 0 aliphatic heterocycles. The quantitative estimate of drug-likeness (QED) is 0.415. The van der Waals surface area contributed by atoms with Crippen LogP contribution < -0.4 is 11.1 Å². The Bertz CT molecular complexity index is 1360. The second-order valence-electron chi connectivity index (χ2n) is 9.43. The van der Waals surface area contributed by atoms with Gasteiger partial charge in [-0.3, -0.25) is 9.79 Å². The monoisotopic (exact) mass is 451 g/mol. The first kappa shape index (κ1) is 21.9. The fourth-order valence-corrected chi connectivity index (χ4v) is 4.83. The van der Waals surface area contributed by atoms with E-state index >= 15 is 0 Å². The van der Waals surface area contributed by atoms with Crippen molar-refractivity contribution in [2.45, 2.75) is 39.3 Å². The van der Waals surface area contributed by atoms with Crippen molar-refractivity contribution < 1.29 is 4.79 Å². The molecule has 34 heavy (non-hydrogen) atoms. The summed E-state index contributed by atoms with van der Waals surface area (Å²) >= 11 is 0. The van der Waals surface area contributed by atoms with Crippen LogP contribution in [0.5, 0.6) is 0 Å². The summed E-state index contributed by atoms with van der Waals surface area (Å²) in [6, 6.07) is 22.6. The molecule has 1 aliphatic carbocycles. The minimum absolute atomic E-state index is 0.112. The molecule has 1 unspecified atom stereocenters. The second kappa shape index (κ2) is 8.78. The van der Waals surface area contributed by atoms with Crippen molar-refractivity contribution in [2.24, 2.45) is 16.1 Å². The van der Waals surface area contributed by atoms with Gasteiger partial charge in [-0.05, 0) is 30.0 Å². The van der Waals surface area contributed by atoms with Crippen LogP contribution in [0, 0.1) is 5.41 Å². The number of nitrogens with two attached hydrogens (primary N) is 1. The molecule has 0 saturated heterocycles. The van der Waals surface area contributed by atoms with Gasteiger partial charge in [0.2, 0.25) is 0 Å². The number of aliphatic imine (C=N–C) groups is 1. The maximum Gasteiger partial charge on any atom is 0.252 e. The zero-order valence-corrected chi connectivity index (χ0v) is 19.5. The molecule has 6 heteroatoms. The van der Waals surface area contributed by atoms with Crippen LogP contribution in [0.2, 0.25) is 0 Å². The lowest BCUT2D eigenvalue weighted by molar-refractivity contribution is 0.100. The smallest absolute Gasteiger partial charge is 0.252 e. The lowest BCUT2D eigenvalue weighted by Crippen LogP contribution is -2.36. The molecule has 1 atom stereocenters. The number of amides is 1. The number of nitrogens with zero attached hydrogens (tertiary/aromatic N) is 3. The number of aromatic nitrogens is 2. The summed E-state index contributed by atoms with van der Waals surface area (Å²) in [5.74, 6) is -0.492. The molecular weight excluding hydrogens is 422 g/mol. The van der Waals surface area contributed by atoms with Crippen LogP contribution in [0.3, 0.4) is 0 Å². The van der Waals surface area contributed by atoms with E-state index in [9.17, 15) is 4.79 Å². The Morgan fingerprint density at radius 1 is 1.12 bits per heavy atom. The van der Waals surface area contributed by atoms with Gasteiger partial charge in [0.15, 0.2) is 0 Å². The predicted octanol–water partition coefficient (Wildman–Crippen LogP) is 5.34. The molecule has 0 radical (unpaired) electrons. The summed E-state index contributed by atoms with van der Waals surface area (Å²) in [5, 5.41) is 8.12. The summed E-state index contributed by atoms with van der Waals surface area (Å²) in [5.41, 5.74) is 12.1. The van der Waals surface area contributed by atoms with Crippen molar-refractivity contribution in [1.82, 2.24) is 9.61 Å². The van der Waals surface area contributed by atoms with Gasteiger partial charge in [0.05, 0.1) is 29.5 Å². The molecule has 5 rings (SSSR count). The molecule has 4 aromatic rings. The van der Waals surface area contributed by atoms with Crippen LogP contribution in [0.4, 0.5) is 5.69 Å². The average Bonchev–Trinajstić information content (AvgIpc) is 3.40. The zero-order valence-electron chi connectivity index (χ0n) is 19.5. The van der Waals surface area contributed by atoms with Gasteiger partial charge < -0.3 is 11.1 Å². The molecular formula is C28H29N5O. The topological polar surface area (TPSA) is 84.8 Å². The Hall–Kier alpha value is -3.93. The van der Waals surface area contributed by atoms with Crippen LogP contribution in [0.15, 0.2) is 84.1 Å². The van der Waals surface area contributed by atoms with Gasteiger partial charge >= 0.3 is 0 Å². The predicted molar refractivity (Wildman–Crippen MR) is 137 cm³/mol. The number of fused-ring (bicyclic) bond motifs is 1. The molecule has 0 bridgehead atoms. The van der Waals surface area contributed by atoms with Crippen LogP contribution in [0.25, 0.3) is 16.6 Å². The number of benzene rings is 2. The Morgan fingerprint density at radius 2 is 1.82 bits per heavy atom. The maximum absolute atomic E-state index is 12.3. The summed E-state index contributed by atoms with van der Waals surface area (Å²) < 4.78 is 1.81. The first-order valence-corrected chi connectivity index (χ1v) is 11.6. The first-order chi connectivity index (χ1) is 16.4. The SMILES string of the molecule is CC1(C)C(=NCc2ccccc2)CCC1Nc1c(C(N)=O)cnn2cc(-c3ccccc3)cc12. The fourth-order valence-electron chi connectivity index (χ4n) is 4.83. The van der Waals surface area contributed by atoms with Crippen LogP contribution in [-0.4, -0.2) is 27.3 Å². The van der Waals surface area contributed by atoms with Gasteiger partial charge in [0.25, 0.3) is 5.91 Å². The number of nitrogens with one attached hydrogen (secondary N) is 1. The van der Waals surface area contributed by atoms with E-state index in [0.29, 0.717) is 12.1 Å². The highest BCUT2D eigenvalue weighted by molar-refractivity contribution is 6.03. The van der Waals surface area contributed by atoms with Crippen LogP contribution in [0.1, 0.15) is 42.6 Å².